The number of aromatic nitrogens is 1. The number of pyridine rings is 1. The second-order valence-electron chi connectivity index (χ2n) is 8.19. The van der Waals surface area contributed by atoms with E-state index in [2.05, 4.69) is 10.3 Å². The van der Waals surface area contributed by atoms with Crippen molar-refractivity contribution in [3.8, 4) is 17.0 Å². The average Bonchev–Trinajstić information content (AvgIpc) is 2.74. The Labute approximate surface area is 194 Å². The Morgan fingerprint density at radius 1 is 1.03 bits per heavy atom. The molecule has 1 aromatic heterocycles. The number of alkyl halides is 3. The molecule has 3 aromatic rings. The second kappa shape index (κ2) is 9.54. The number of amides is 1. The Morgan fingerprint density at radius 3 is 2.29 bits per heavy atom. The van der Waals surface area contributed by atoms with Crippen molar-refractivity contribution >= 4 is 17.6 Å². The van der Waals surface area contributed by atoms with Gasteiger partial charge in [-0.1, -0.05) is 24.3 Å². The predicted molar refractivity (Wildman–Crippen MR) is 121 cm³/mol. The van der Waals surface area contributed by atoms with Crippen LogP contribution in [0.4, 0.5) is 18.9 Å². The van der Waals surface area contributed by atoms with E-state index in [1.54, 1.807) is 43.3 Å². The van der Waals surface area contributed by atoms with Gasteiger partial charge in [0, 0.05) is 5.56 Å². The Bertz CT molecular complexity index is 1210. The van der Waals surface area contributed by atoms with Crippen molar-refractivity contribution in [1.82, 2.24) is 4.98 Å². The van der Waals surface area contributed by atoms with Gasteiger partial charge in [-0.3, -0.25) is 9.78 Å². The van der Waals surface area contributed by atoms with Crippen molar-refractivity contribution in [2.45, 2.75) is 39.0 Å². The number of nitrogens with zero attached hydrogens (tertiary/aromatic N) is 1. The normalized spacial score (nSPS) is 11.7. The summed E-state index contributed by atoms with van der Waals surface area (Å²) in [5.74, 6) is -1.10. The first-order valence-corrected chi connectivity index (χ1v) is 10.3. The highest BCUT2D eigenvalue weighted by molar-refractivity contribution is 5.93. The zero-order valence-electron chi connectivity index (χ0n) is 18.7. The number of hydrogen-bond donors (Lipinski definition) is 2. The molecule has 0 fully saturated rings. The van der Waals surface area contributed by atoms with Crippen LogP contribution < -0.4 is 10.1 Å². The van der Waals surface area contributed by atoms with Crippen LogP contribution in [-0.2, 0) is 22.2 Å². The van der Waals surface area contributed by atoms with E-state index in [4.69, 9.17) is 4.74 Å². The molecule has 0 atom stereocenters. The third-order valence-corrected chi connectivity index (χ3v) is 5.02. The van der Waals surface area contributed by atoms with Crippen LogP contribution in [0.15, 0.2) is 60.7 Å². The van der Waals surface area contributed by atoms with E-state index in [0.717, 1.165) is 12.1 Å². The zero-order valence-corrected chi connectivity index (χ0v) is 18.7. The Hall–Kier alpha value is -3.88. The highest BCUT2D eigenvalue weighted by atomic mass is 19.4. The van der Waals surface area contributed by atoms with Crippen LogP contribution in [0.3, 0.4) is 0 Å². The van der Waals surface area contributed by atoms with Crippen molar-refractivity contribution in [3.05, 3.63) is 77.5 Å². The fourth-order valence-corrected chi connectivity index (χ4v) is 3.12. The first kappa shape index (κ1) is 24.8. The molecule has 9 heteroatoms. The van der Waals surface area contributed by atoms with Gasteiger partial charge in [-0.15, -0.1) is 0 Å². The molecule has 0 aliphatic heterocycles. The summed E-state index contributed by atoms with van der Waals surface area (Å²) in [5.41, 5.74) is 0.454. The molecule has 0 saturated heterocycles. The van der Waals surface area contributed by atoms with Gasteiger partial charge in [0.05, 0.1) is 29.1 Å². The van der Waals surface area contributed by atoms with Gasteiger partial charge in [0.2, 0.25) is 5.91 Å². The summed E-state index contributed by atoms with van der Waals surface area (Å²) < 4.78 is 43.8. The van der Waals surface area contributed by atoms with Crippen LogP contribution in [0.1, 0.15) is 30.7 Å². The number of ether oxygens (including phenoxy) is 1. The van der Waals surface area contributed by atoms with Gasteiger partial charge in [0.1, 0.15) is 5.75 Å². The summed E-state index contributed by atoms with van der Waals surface area (Å²) >= 11 is 0. The number of halogens is 3. The zero-order chi connectivity index (χ0) is 25.1. The summed E-state index contributed by atoms with van der Waals surface area (Å²) in [6.45, 7) is 4.54. The number of hydrogen-bond acceptors (Lipinski definition) is 4. The van der Waals surface area contributed by atoms with Gasteiger partial charge in [-0.05, 0) is 62.7 Å². The molecule has 178 valence electrons. The maximum atomic E-state index is 12.8. The van der Waals surface area contributed by atoms with E-state index in [-0.39, 0.29) is 12.3 Å². The Morgan fingerprint density at radius 2 is 1.71 bits per heavy atom. The first-order chi connectivity index (χ1) is 15.8. The number of benzene rings is 2. The van der Waals surface area contributed by atoms with Crippen molar-refractivity contribution in [2.24, 2.45) is 0 Å². The Balaban J connectivity index is 1.68. The molecule has 3 rings (SSSR count). The molecule has 0 aliphatic rings. The largest absolute Gasteiger partial charge is 0.478 e. The minimum absolute atomic E-state index is 0.0186. The molecule has 6 nitrogen and oxygen atoms in total. The SMILES string of the molecule is Cc1nc(-c2ccc(C(F)(F)F)cc2)ccc1NC(=O)Cc1cccc(OC(C)(C)C(=O)O)c1. The van der Waals surface area contributed by atoms with Gasteiger partial charge in [-0.25, -0.2) is 4.79 Å². The van der Waals surface area contributed by atoms with Gasteiger partial charge in [0.15, 0.2) is 5.60 Å². The molecule has 0 radical (unpaired) electrons. The highest BCUT2D eigenvalue weighted by Gasteiger charge is 2.30. The molecule has 0 spiro atoms. The van der Waals surface area contributed by atoms with Gasteiger partial charge in [-0.2, -0.15) is 13.2 Å². The van der Waals surface area contributed by atoms with E-state index >= 15 is 0 Å². The summed E-state index contributed by atoms with van der Waals surface area (Å²) in [5, 5.41) is 12.0. The number of aliphatic carboxylic acids is 1. The van der Waals surface area contributed by atoms with Crippen LogP contribution >= 0.6 is 0 Å². The lowest BCUT2D eigenvalue weighted by molar-refractivity contribution is -0.152. The number of carbonyl (C=O) groups excluding carboxylic acids is 1. The number of carboxylic acids is 1. The lowest BCUT2D eigenvalue weighted by Crippen LogP contribution is -2.37. The average molecular weight is 472 g/mol. The molecule has 0 bridgehead atoms. The van der Waals surface area contributed by atoms with Crippen LogP contribution in [0.25, 0.3) is 11.3 Å². The van der Waals surface area contributed by atoms with Gasteiger partial charge < -0.3 is 15.2 Å². The monoisotopic (exact) mass is 472 g/mol. The van der Waals surface area contributed by atoms with Crippen molar-refractivity contribution in [3.63, 3.8) is 0 Å². The van der Waals surface area contributed by atoms with Crippen molar-refractivity contribution < 1.29 is 32.6 Å². The van der Waals surface area contributed by atoms with Gasteiger partial charge >= 0.3 is 12.1 Å². The third-order valence-electron chi connectivity index (χ3n) is 5.02. The number of carboxylic acid groups (broad SMARTS) is 1. The van der Waals surface area contributed by atoms with E-state index in [1.807, 2.05) is 0 Å². The molecule has 2 N–H and O–H groups in total. The number of carbonyl (C=O) groups is 2. The molecule has 0 unspecified atom stereocenters. The molecular weight excluding hydrogens is 449 g/mol. The standard InChI is InChI=1S/C25H23F3N2O4/c1-15-20(11-12-21(29-15)17-7-9-18(10-8-17)25(26,27)28)30-22(31)14-16-5-4-6-19(13-16)34-24(2,3)23(32)33/h4-13H,14H2,1-3H3,(H,30,31)(H,32,33). The van der Waals surface area contributed by atoms with Crippen molar-refractivity contribution in [2.75, 3.05) is 5.32 Å². The number of aryl methyl sites for hydroxylation is 1. The number of rotatable bonds is 7. The fraction of sp³-hybridized carbons (Fsp3) is 0.240. The topological polar surface area (TPSA) is 88.5 Å². The molecule has 1 heterocycles. The molecule has 0 saturated carbocycles. The maximum absolute atomic E-state index is 12.8. The minimum atomic E-state index is -4.41. The second-order valence-corrected chi connectivity index (χ2v) is 8.19. The van der Waals surface area contributed by atoms with E-state index in [9.17, 15) is 27.9 Å². The predicted octanol–water partition coefficient (Wildman–Crippen LogP) is 5.50. The fourth-order valence-electron chi connectivity index (χ4n) is 3.12. The summed E-state index contributed by atoms with van der Waals surface area (Å²) in [4.78, 5) is 28.2. The summed E-state index contributed by atoms with van der Waals surface area (Å²) in [6.07, 6.45) is -4.39. The van der Waals surface area contributed by atoms with Crippen molar-refractivity contribution in [1.29, 1.82) is 0 Å². The molecule has 34 heavy (non-hydrogen) atoms. The molecule has 1 amide bonds. The molecule has 0 aliphatic carbocycles. The lowest BCUT2D eigenvalue weighted by atomic mass is 10.1. The molecular formula is C25H23F3N2O4. The first-order valence-electron chi connectivity index (χ1n) is 10.3. The van der Waals surface area contributed by atoms with Crippen LogP contribution in [-0.4, -0.2) is 27.6 Å². The lowest BCUT2D eigenvalue weighted by Gasteiger charge is -2.21. The smallest absolute Gasteiger partial charge is 0.416 e. The summed E-state index contributed by atoms with van der Waals surface area (Å²) in [6, 6.07) is 14.6. The maximum Gasteiger partial charge on any atom is 0.416 e. The van der Waals surface area contributed by atoms with E-state index in [0.29, 0.717) is 34.0 Å². The highest BCUT2D eigenvalue weighted by Crippen LogP contribution is 2.31. The molecule has 2 aromatic carbocycles. The summed E-state index contributed by atoms with van der Waals surface area (Å²) in [7, 11) is 0. The van der Waals surface area contributed by atoms with Crippen LogP contribution in [0.2, 0.25) is 0 Å². The van der Waals surface area contributed by atoms with E-state index < -0.39 is 23.3 Å². The number of anilines is 1. The van der Waals surface area contributed by atoms with Crippen LogP contribution in [0.5, 0.6) is 5.75 Å². The Kier molecular flexibility index (Phi) is 6.95. The quantitative estimate of drug-likeness (QED) is 0.474. The van der Waals surface area contributed by atoms with Gasteiger partial charge in [0.25, 0.3) is 0 Å². The van der Waals surface area contributed by atoms with E-state index in [1.165, 1.54) is 26.0 Å². The third kappa shape index (κ3) is 6.12. The minimum Gasteiger partial charge on any atom is -0.478 e. The van der Waals surface area contributed by atoms with Crippen LogP contribution in [0, 0.1) is 6.92 Å². The number of nitrogens with one attached hydrogen (secondary N) is 1.